The van der Waals surface area contributed by atoms with Crippen molar-refractivity contribution in [3.8, 4) is 0 Å². The summed E-state index contributed by atoms with van der Waals surface area (Å²) in [7, 11) is -4.14. The van der Waals surface area contributed by atoms with Gasteiger partial charge < -0.3 is 0 Å². The van der Waals surface area contributed by atoms with E-state index in [1.807, 2.05) is 0 Å². The molecule has 9 nitrogen and oxygen atoms in total. The Labute approximate surface area is 185 Å². The Kier molecular flexibility index (Phi) is 7.46. The molecule has 0 unspecified atom stereocenters. The molecule has 2 aromatic rings. The van der Waals surface area contributed by atoms with Gasteiger partial charge in [0.05, 0.1) is 33.2 Å². The van der Waals surface area contributed by atoms with Crippen LogP contribution in [0.15, 0.2) is 47.6 Å². The number of carbonyl (C=O) groups excluding carboxylic acids is 1. The zero-order valence-corrected chi connectivity index (χ0v) is 18.1. The quantitative estimate of drug-likeness (QED) is 0.359. The van der Waals surface area contributed by atoms with Gasteiger partial charge in [-0.15, -0.1) is 0 Å². The Hall–Kier alpha value is -3.19. The molecule has 0 saturated carbocycles. The van der Waals surface area contributed by atoms with Gasteiger partial charge in [0.2, 0.25) is 10.0 Å². The van der Waals surface area contributed by atoms with Crippen molar-refractivity contribution in [3.63, 3.8) is 0 Å². The summed E-state index contributed by atoms with van der Waals surface area (Å²) in [6.07, 6.45) is -4.10. The monoisotopic (exact) mass is 492 g/mol. The molecule has 0 saturated heterocycles. The fourth-order valence-electron chi connectivity index (χ4n) is 2.49. The molecule has 0 fully saturated rings. The van der Waals surface area contributed by atoms with Crippen molar-refractivity contribution in [1.29, 1.82) is 0 Å². The number of non-ortho nitro benzene ring substituents is 1. The number of nitrogens with zero attached hydrogens (tertiary/aromatic N) is 3. The standard InChI is InChI=1S/C18H16ClF3N4O5S/c1-11(12-3-5-13(6-4-12)26(28)29)23-24-17(27)10-25(32(2,30)31)14-7-8-16(19)15(9-14)18(20,21)22/h3-9H,10H2,1-2H3,(H,24,27)/b23-11-. The number of amides is 1. The van der Waals surface area contributed by atoms with E-state index in [-0.39, 0.29) is 11.4 Å². The average molecular weight is 493 g/mol. The van der Waals surface area contributed by atoms with Crippen LogP contribution in [0, 0.1) is 10.1 Å². The van der Waals surface area contributed by atoms with Crippen LogP contribution >= 0.6 is 11.6 Å². The summed E-state index contributed by atoms with van der Waals surface area (Å²) < 4.78 is 64.0. The van der Waals surface area contributed by atoms with Gasteiger partial charge in [-0.2, -0.15) is 18.3 Å². The number of hydrogen-bond acceptors (Lipinski definition) is 6. The molecule has 32 heavy (non-hydrogen) atoms. The van der Waals surface area contributed by atoms with Crippen molar-refractivity contribution in [2.75, 3.05) is 17.1 Å². The van der Waals surface area contributed by atoms with Crippen molar-refractivity contribution in [2.24, 2.45) is 5.10 Å². The largest absolute Gasteiger partial charge is 0.417 e. The summed E-state index contributed by atoms with van der Waals surface area (Å²) in [5, 5.41) is 13.9. The maximum absolute atomic E-state index is 13.1. The van der Waals surface area contributed by atoms with Gasteiger partial charge in [0.15, 0.2) is 0 Å². The third-order valence-electron chi connectivity index (χ3n) is 4.08. The van der Waals surface area contributed by atoms with Crippen molar-refractivity contribution < 1.29 is 31.3 Å². The lowest BCUT2D eigenvalue weighted by Gasteiger charge is -2.22. The smallest absolute Gasteiger partial charge is 0.271 e. The van der Waals surface area contributed by atoms with Crippen LogP contribution in [0.2, 0.25) is 5.02 Å². The minimum absolute atomic E-state index is 0.143. The number of carbonyl (C=O) groups is 1. The molecule has 0 aliphatic heterocycles. The lowest BCUT2D eigenvalue weighted by atomic mass is 10.1. The van der Waals surface area contributed by atoms with Gasteiger partial charge in [-0.25, -0.2) is 13.8 Å². The van der Waals surface area contributed by atoms with Gasteiger partial charge in [-0.1, -0.05) is 11.6 Å². The van der Waals surface area contributed by atoms with Crippen LogP contribution in [0.3, 0.4) is 0 Å². The molecular weight excluding hydrogens is 477 g/mol. The van der Waals surface area contributed by atoms with Crippen molar-refractivity contribution in [1.82, 2.24) is 5.43 Å². The zero-order chi connectivity index (χ0) is 24.3. The number of rotatable bonds is 7. The predicted octanol–water partition coefficient (Wildman–Crippen LogP) is 3.57. The Bertz CT molecular complexity index is 1170. The fraction of sp³-hybridized carbons (Fsp3) is 0.222. The van der Waals surface area contributed by atoms with E-state index in [1.165, 1.54) is 31.2 Å². The number of nitro groups is 1. The number of nitro benzene ring substituents is 1. The van der Waals surface area contributed by atoms with E-state index >= 15 is 0 Å². The number of nitrogens with one attached hydrogen (secondary N) is 1. The molecule has 1 N–H and O–H groups in total. The van der Waals surface area contributed by atoms with E-state index in [2.05, 4.69) is 10.5 Å². The minimum Gasteiger partial charge on any atom is -0.271 e. The Balaban J connectivity index is 2.23. The van der Waals surface area contributed by atoms with Crippen LogP contribution in [-0.2, 0) is 21.0 Å². The van der Waals surface area contributed by atoms with Crippen molar-refractivity contribution in [2.45, 2.75) is 13.1 Å². The number of halogens is 4. The number of sulfonamides is 1. The second kappa shape index (κ2) is 9.53. The summed E-state index contributed by atoms with van der Waals surface area (Å²) >= 11 is 5.55. The maximum atomic E-state index is 13.1. The van der Waals surface area contributed by atoms with Gasteiger partial charge >= 0.3 is 6.18 Å². The summed E-state index contributed by atoms with van der Waals surface area (Å²) in [5.74, 6) is -0.930. The molecular formula is C18H16ClF3N4O5S. The summed E-state index contributed by atoms with van der Waals surface area (Å²) in [5.41, 5.74) is 1.01. The van der Waals surface area contributed by atoms with Gasteiger partial charge in [0.1, 0.15) is 6.54 Å². The molecule has 1 amide bonds. The summed E-state index contributed by atoms with van der Waals surface area (Å²) in [6.45, 7) is 0.638. The van der Waals surface area contributed by atoms with E-state index in [4.69, 9.17) is 11.6 Å². The van der Waals surface area contributed by atoms with Crippen molar-refractivity contribution >= 4 is 44.6 Å². The first-order valence-electron chi connectivity index (χ1n) is 8.62. The highest BCUT2D eigenvalue weighted by atomic mass is 35.5. The lowest BCUT2D eigenvalue weighted by Crippen LogP contribution is -2.39. The van der Waals surface area contributed by atoms with Crippen LogP contribution in [-0.4, -0.2) is 37.8 Å². The van der Waals surface area contributed by atoms with Gasteiger partial charge in [0, 0.05) is 12.1 Å². The maximum Gasteiger partial charge on any atom is 0.417 e. The number of benzene rings is 2. The molecule has 0 heterocycles. The molecule has 0 spiro atoms. The Morgan fingerprint density at radius 2 is 1.81 bits per heavy atom. The third kappa shape index (κ3) is 6.40. The van der Waals surface area contributed by atoms with Crippen LogP contribution < -0.4 is 9.73 Å². The average Bonchev–Trinajstić information content (AvgIpc) is 2.69. The third-order valence-corrected chi connectivity index (χ3v) is 5.55. The molecule has 0 aliphatic carbocycles. The summed E-state index contributed by atoms with van der Waals surface area (Å²) in [4.78, 5) is 22.3. The SMILES string of the molecule is C/C(=N/NC(=O)CN(c1ccc(Cl)c(C(F)(F)F)c1)S(C)(=O)=O)c1ccc([N+](=O)[O-])cc1. The molecule has 0 radical (unpaired) electrons. The van der Waals surface area contributed by atoms with Crippen LogP contribution in [0.25, 0.3) is 0 Å². The Morgan fingerprint density at radius 3 is 2.31 bits per heavy atom. The number of hydrazone groups is 1. The molecule has 172 valence electrons. The second-order valence-corrected chi connectivity index (χ2v) is 8.78. The predicted molar refractivity (Wildman–Crippen MR) is 112 cm³/mol. The topological polar surface area (TPSA) is 122 Å². The molecule has 2 aromatic carbocycles. The van der Waals surface area contributed by atoms with E-state index in [1.54, 1.807) is 0 Å². The van der Waals surface area contributed by atoms with Crippen LogP contribution in [0.1, 0.15) is 18.1 Å². The number of anilines is 1. The number of alkyl halides is 3. The van der Waals surface area contributed by atoms with Gasteiger partial charge in [-0.3, -0.25) is 19.2 Å². The van der Waals surface area contributed by atoms with E-state index in [9.17, 15) is 36.5 Å². The Morgan fingerprint density at radius 1 is 1.22 bits per heavy atom. The highest BCUT2D eigenvalue weighted by Crippen LogP contribution is 2.37. The van der Waals surface area contributed by atoms with Crippen molar-refractivity contribution in [3.05, 3.63) is 68.7 Å². The first-order chi connectivity index (χ1) is 14.7. The zero-order valence-electron chi connectivity index (χ0n) is 16.6. The van der Waals surface area contributed by atoms with Crippen LogP contribution in [0.5, 0.6) is 0 Å². The first-order valence-corrected chi connectivity index (χ1v) is 10.8. The molecule has 2 rings (SSSR count). The molecule has 0 atom stereocenters. The lowest BCUT2D eigenvalue weighted by molar-refractivity contribution is -0.384. The van der Waals surface area contributed by atoms with Crippen LogP contribution in [0.4, 0.5) is 24.5 Å². The number of hydrogen-bond donors (Lipinski definition) is 1. The van der Waals surface area contributed by atoms with E-state index in [0.29, 0.717) is 15.9 Å². The second-order valence-electron chi connectivity index (χ2n) is 6.47. The minimum atomic E-state index is -4.83. The normalized spacial score (nSPS) is 12.4. The van der Waals surface area contributed by atoms with Gasteiger partial charge in [0.25, 0.3) is 11.6 Å². The first kappa shape index (κ1) is 25.1. The highest BCUT2D eigenvalue weighted by molar-refractivity contribution is 7.92. The van der Waals surface area contributed by atoms with E-state index < -0.39 is 49.8 Å². The molecule has 14 heteroatoms. The van der Waals surface area contributed by atoms with E-state index in [0.717, 1.165) is 18.4 Å². The summed E-state index contributed by atoms with van der Waals surface area (Å²) in [6, 6.07) is 7.73. The highest BCUT2D eigenvalue weighted by Gasteiger charge is 2.34. The molecule has 0 aliphatic rings. The molecule has 0 bridgehead atoms. The van der Waals surface area contributed by atoms with Gasteiger partial charge in [-0.05, 0) is 42.8 Å². The fourth-order valence-corrected chi connectivity index (χ4v) is 3.56. The molecule has 0 aromatic heterocycles.